The molecule has 3 aliphatic rings. The van der Waals surface area contributed by atoms with Gasteiger partial charge in [0.25, 0.3) is 0 Å². The minimum Gasteiger partial charge on any atom is -0.508 e. The Labute approximate surface area is 850 Å². The van der Waals surface area contributed by atoms with Gasteiger partial charge in [0.1, 0.15) is 113 Å². The number of phenolic OH excluding ortho intramolecular Hbond substituents is 3. The first-order valence-corrected chi connectivity index (χ1v) is 47.8. The van der Waals surface area contributed by atoms with Crippen LogP contribution < -0.4 is 113 Å². The predicted molar refractivity (Wildman–Crippen MR) is 528 cm³/mol. The number of fused-ring (bicyclic) bond motifs is 7. The zero-order valence-corrected chi connectivity index (χ0v) is 82.1. The summed E-state index contributed by atoms with van der Waals surface area (Å²) < 4.78 is 42.9. The summed E-state index contributed by atoms with van der Waals surface area (Å²) in [7, 11) is 0. The topological polar surface area (TPSA) is 759 Å². The number of carbonyl (C=O) groups is 18. The van der Waals surface area contributed by atoms with Gasteiger partial charge in [0.15, 0.2) is 22.3 Å². The molecule has 1 aromatic heterocycles. The number of para-hydroxylation sites is 1. The number of aromatic nitrogens is 1. The fourth-order valence-electron chi connectivity index (χ4n) is 16.5. The normalized spacial score (nSPS) is 15.6. The molecule has 1 saturated carbocycles. The Kier molecular flexibility index (Phi) is 40.1. The van der Waals surface area contributed by atoms with Crippen LogP contribution in [0, 0.1) is 23.5 Å². The van der Waals surface area contributed by atoms with Crippen molar-refractivity contribution in [3.8, 4) is 28.7 Å². The van der Waals surface area contributed by atoms with Crippen molar-refractivity contribution in [3.05, 3.63) is 178 Å². The third-order valence-electron chi connectivity index (χ3n) is 24.8. The quantitative estimate of drug-likeness (QED) is 0.0139. The van der Waals surface area contributed by atoms with E-state index in [1.165, 1.54) is 81.6 Å². The molecule has 47 nitrogen and oxygen atoms in total. The van der Waals surface area contributed by atoms with Gasteiger partial charge in [0, 0.05) is 110 Å². The number of amides is 16. The second-order valence-corrected chi connectivity index (χ2v) is 36.9. The maximum absolute atomic E-state index is 15.7. The van der Waals surface area contributed by atoms with Crippen molar-refractivity contribution in [1.29, 1.82) is 0 Å². The van der Waals surface area contributed by atoms with Crippen LogP contribution in [0.5, 0.6) is 28.7 Å². The minimum absolute atomic E-state index is 0.0149. The average molecular weight is 2080 g/mol. The number of benzene rings is 6. The van der Waals surface area contributed by atoms with Crippen LogP contribution in [0.2, 0.25) is 0 Å². The van der Waals surface area contributed by atoms with E-state index in [2.05, 4.69) is 90.1 Å². The van der Waals surface area contributed by atoms with Gasteiger partial charge in [-0.15, -0.1) is 0 Å². The zero-order chi connectivity index (χ0) is 108. The molecule has 6 aromatic carbocycles. The van der Waals surface area contributed by atoms with Crippen LogP contribution in [-0.2, 0) is 111 Å². The zero-order valence-electron chi connectivity index (χ0n) is 81.3. The van der Waals surface area contributed by atoms with Crippen LogP contribution in [0.4, 0.5) is 14.5 Å². The second kappa shape index (κ2) is 52.1. The third kappa shape index (κ3) is 30.5. The molecule has 0 radical (unpaired) electrons. The van der Waals surface area contributed by atoms with Crippen molar-refractivity contribution in [2.45, 2.75) is 221 Å². The molecular weight excluding hydrogens is 1960 g/mol. The van der Waals surface area contributed by atoms with E-state index in [9.17, 15) is 112 Å². The molecule has 31 N–H and O–H groups in total. The van der Waals surface area contributed by atoms with Crippen molar-refractivity contribution < 1.29 is 135 Å². The minimum atomic E-state index is -2.08. The van der Waals surface area contributed by atoms with Crippen LogP contribution in [0.3, 0.4) is 0 Å². The summed E-state index contributed by atoms with van der Waals surface area (Å²) >= 11 is 5.55. The highest BCUT2D eigenvalue weighted by Crippen LogP contribution is 2.57. The molecule has 1 fully saturated rings. The fourth-order valence-corrected chi connectivity index (χ4v) is 16.7. The Morgan fingerprint density at radius 3 is 1.53 bits per heavy atom. The van der Waals surface area contributed by atoms with E-state index >= 15 is 14.0 Å². The van der Waals surface area contributed by atoms with Crippen LogP contribution in [0.1, 0.15) is 149 Å². The number of aromatic hydroxyl groups is 3. The highest BCUT2D eigenvalue weighted by molar-refractivity contribution is 7.80. The summed E-state index contributed by atoms with van der Waals surface area (Å²) in [4.78, 5) is 253. The number of ether oxygens (including phenoxy) is 2. The number of carboxylic acid groups (broad SMARTS) is 1. The first-order chi connectivity index (χ1) is 70.2. The first-order valence-electron chi connectivity index (χ1n) is 47.4. The van der Waals surface area contributed by atoms with Gasteiger partial charge in [0.2, 0.25) is 94.5 Å². The molecule has 15 atom stereocenters. The van der Waals surface area contributed by atoms with Crippen molar-refractivity contribution in [3.63, 3.8) is 0 Å². The number of nitrogens with two attached hydrogens (primary N) is 4. The number of anilines is 1. The molecule has 50 heteroatoms. The number of halogens is 2. The number of aliphatic carboxylic acids is 1. The molecule has 0 bridgehead atoms. The summed E-state index contributed by atoms with van der Waals surface area (Å²) in [5.74, 6) is -23.2. The largest absolute Gasteiger partial charge is 0.508 e. The lowest BCUT2D eigenvalue weighted by molar-refractivity contribution is -0.139. The number of nitrogens with one attached hydrogen (secondary N) is 17. The van der Waals surface area contributed by atoms with Gasteiger partial charge in [0.05, 0.1) is 18.3 Å². The summed E-state index contributed by atoms with van der Waals surface area (Å²) in [5, 5.41) is 102. The molecule has 1 spiro atoms. The number of hydrogen-bond donors (Lipinski definition) is 27. The van der Waals surface area contributed by atoms with Gasteiger partial charge in [-0.3, -0.25) is 81.5 Å². The Balaban J connectivity index is 0.804. The highest BCUT2D eigenvalue weighted by Gasteiger charge is 2.54. The monoisotopic (exact) mass is 2080 g/mol. The maximum atomic E-state index is 15.7. The van der Waals surface area contributed by atoms with Crippen LogP contribution in [0.25, 0.3) is 10.9 Å². The Morgan fingerprint density at radius 2 is 0.973 bits per heavy atom. The van der Waals surface area contributed by atoms with E-state index in [1.807, 2.05) is 0 Å². The van der Waals surface area contributed by atoms with Gasteiger partial charge < -0.3 is 153 Å². The number of hydrogen-bond acceptors (Lipinski definition) is 28. The van der Waals surface area contributed by atoms with E-state index < -0.39 is 285 Å². The molecule has 1 aliphatic carbocycles. The van der Waals surface area contributed by atoms with Crippen molar-refractivity contribution >= 4 is 140 Å². The lowest BCUT2D eigenvalue weighted by atomic mass is 9.77. The molecule has 16 amide bonds. The van der Waals surface area contributed by atoms with Gasteiger partial charge >= 0.3 is 11.9 Å². The molecule has 148 heavy (non-hydrogen) atoms. The number of aromatic amines is 1. The Morgan fingerprint density at radius 1 is 0.493 bits per heavy atom. The molecule has 0 unspecified atom stereocenters. The lowest BCUT2D eigenvalue weighted by Crippen LogP contribution is -2.62. The van der Waals surface area contributed by atoms with E-state index in [1.54, 1.807) is 62.4 Å². The van der Waals surface area contributed by atoms with Crippen molar-refractivity contribution in [2.24, 2.45) is 34.8 Å². The SMILES string of the molecule is CC(C)C[C@H](NC(=O)CCNC(=S)Nc1ccc2c(c1)C(=O)OC21c2ccc(O)cc2Oc2cc(O)ccc21)C(=O)N[C@H](C(=O)N[C@@H](Cc1cccc(F)c1F)C(=O)N[C@@H](CN)C(=O)N[C@@H](CCC(=O)O)C(=O)N[C@@H](Cc1ccc(O)cc1)C(=O)N[C@@H](Cc1c[nH]c2ccccc12)C(=O)N[C@@H](C)C(=O)N[C@@H](CCC(N)=O)C(=O)N[C@@H](CC1CCC1)C(=O)N[C@@H](CN)C(=O)N[C@@H](CO)C(=O)N[C@@H](C)C(=O)N[C@@H](C)C(N)=O)[C@@H](C)O. The summed E-state index contributed by atoms with van der Waals surface area (Å²) in [5.41, 5.74) is 23.5. The van der Waals surface area contributed by atoms with Crippen LogP contribution in [-0.4, -0.2) is 264 Å². The average Bonchev–Trinajstić information content (AvgIpc) is 1.52. The smallest absolute Gasteiger partial charge is 0.340 e. The van der Waals surface area contributed by atoms with Gasteiger partial charge in [-0.1, -0.05) is 81.6 Å². The Hall–Kier alpha value is -16.1. The van der Waals surface area contributed by atoms with Crippen LogP contribution >= 0.6 is 12.2 Å². The highest BCUT2D eigenvalue weighted by atomic mass is 32.1. The molecule has 0 saturated heterocycles. The Bertz CT molecular complexity index is 6100. The van der Waals surface area contributed by atoms with Crippen molar-refractivity contribution in [2.75, 3.05) is 31.6 Å². The number of aliphatic hydroxyl groups excluding tert-OH is 2. The molecule has 10 rings (SSSR count). The molecule has 2 aliphatic heterocycles. The van der Waals surface area contributed by atoms with E-state index in [0.29, 0.717) is 51.7 Å². The van der Waals surface area contributed by atoms with Gasteiger partial charge in [-0.25, -0.2) is 13.6 Å². The first kappa shape index (κ1) is 114. The standard InChI is InChI=1S/C98H121F2N21O26S/c1-45(2)33-67(111-78(128)31-32-105-97(148)110-54-19-24-60-59(38-54)96(145)147-98(60)61-25-22-56(125)39-75(61)146-76-40-57(126)23-26-62(76)98)91(140)121-81(49(6)123)95(144)117-70(36-52-13-10-15-63(99)80(52)100)90(139)119-72(41-101)92(141)113-66(28-30-79(129)130)86(135)115-69(35-51-17-20-55(124)21-18-51)88(137)116-71(37-53-43-106-64-16-8-7-14-58(53)64)87(136)108-48(5)84(133)112-65(27-29-77(103)127)85(134)114-68(34-50-11-9-12-50)89(138)118-73(42-102)93(142)120-74(44-122)94(143)109-47(4)83(132)107-46(3)82(104)131/h7-8,10,13-26,38-40,43,45-50,65-74,81,106,122-126H,9,11-12,27-37,41-42,44,101-102H2,1-6H3,(H2,103,127)(H2,104,131)(H,107,132)(H,108,136)(H,109,143)(H,111,128)(H,112,133)(H,113,141)(H,114,134)(H,115,135)(H,116,137)(H,117,144)(H,118,138)(H,119,139)(H,120,142)(H,121,140)(H,129,130)(H2,105,110,148)/t46-,47-,48-,49+,65-,66-,67-,68-,69-,70-,71-,72-,73-,74-,81-/m0/s1. The number of rotatable bonds is 52. The van der Waals surface area contributed by atoms with Gasteiger partial charge in [-0.2, -0.15) is 0 Å². The predicted octanol–water partition coefficient (Wildman–Crippen LogP) is -2.48. The maximum Gasteiger partial charge on any atom is 0.340 e. The number of H-pyrrole nitrogens is 1. The molecule has 794 valence electrons. The van der Waals surface area contributed by atoms with E-state index in [0.717, 1.165) is 31.5 Å². The summed E-state index contributed by atoms with van der Waals surface area (Å²) in [6.07, 6.45) is -3.33. The number of esters is 1. The van der Waals surface area contributed by atoms with E-state index in [4.69, 9.17) is 44.6 Å². The fraction of sp³-hybridized carbons (Fsp3) is 0.418. The van der Waals surface area contributed by atoms with Crippen molar-refractivity contribution in [1.82, 2.24) is 84.7 Å². The number of primary amides is 2. The third-order valence-corrected chi connectivity index (χ3v) is 25.0. The second-order valence-electron chi connectivity index (χ2n) is 36.5. The molecular formula is C98H121F2N21O26S. The summed E-state index contributed by atoms with van der Waals surface area (Å²) in [6.45, 7) is 5.53. The van der Waals surface area contributed by atoms with E-state index in [-0.39, 0.29) is 82.6 Å². The number of carboxylic acids is 1. The van der Waals surface area contributed by atoms with Crippen LogP contribution in [0.15, 0.2) is 128 Å². The number of thiocarbonyl (C=S) groups is 1. The van der Waals surface area contributed by atoms with Gasteiger partial charge in [-0.05, 0) is 155 Å². The summed E-state index contributed by atoms with van der Waals surface area (Å²) in [6, 6.07) is 4.34. The lowest BCUT2D eigenvalue weighted by Gasteiger charge is -2.36. The number of carbonyl (C=O) groups excluding carboxylic acids is 17. The number of aliphatic hydroxyl groups is 2. The number of phenols is 3. The molecule has 3 heterocycles. The molecule has 7 aromatic rings.